The van der Waals surface area contributed by atoms with E-state index < -0.39 is 0 Å². The van der Waals surface area contributed by atoms with Crippen LogP contribution in [0.5, 0.6) is 0 Å². The van der Waals surface area contributed by atoms with Gasteiger partial charge in [-0.3, -0.25) is 0 Å². The Hall–Kier alpha value is -1.16. The van der Waals surface area contributed by atoms with Gasteiger partial charge in [-0.05, 0) is 40.2 Å². The minimum absolute atomic E-state index is 0.241. The second-order valence-electron chi connectivity index (χ2n) is 2.58. The Labute approximate surface area is 83.1 Å². The Morgan fingerprint density at radius 2 is 1.92 bits per heavy atom. The summed E-state index contributed by atoms with van der Waals surface area (Å²) in [5, 5.41) is 4.06. The molecule has 0 amide bonds. The quantitative estimate of drug-likeness (QED) is 0.750. The summed E-state index contributed by atoms with van der Waals surface area (Å²) in [7, 11) is 0. The zero-order valence-corrected chi connectivity index (χ0v) is 8.20. The summed E-state index contributed by atoms with van der Waals surface area (Å²) < 4.78 is 15.1. The van der Waals surface area contributed by atoms with E-state index in [9.17, 15) is 4.39 Å². The molecule has 66 valence electrons. The van der Waals surface area contributed by atoms with Crippen molar-refractivity contribution >= 4 is 15.9 Å². The van der Waals surface area contributed by atoms with E-state index in [4.69, 9.17) is 0 Å². The van der Waals surface area contributed by atoms with E-state index >= 15 is 0 Å². The summed E-state index contributed by atoms with van der Waals surface area (Å²) in [4.78, 5) is 0. The molecular weight excluding hydrogens is 235 g/mol. The highest BCUT2D eigenvalue weighted by atomic mass is 79.9. The fraction of sp³-hybridized carbons (Fsp3) is 0. The SMILES string of the molecule is Fc1ccc(-n2cc(Br)cn2)cc1. The van der Waals surface area contributed by atoms with Crippen LogP contribution in [0, 0.1) is 5.82 Å². The zero-order valence-electron chi connectivity index (χ0n) is 6.61. The summed E-state index contributed by atoms with van der Waals surface area (Å²) >= 11 is 3.29. The highest BCUT2D eigenvalue weighted by molar-refractivity contribution is 9.10. The Morgan fingerprint density at radius 3 is 2.46 bits per heavy atom. The van der Waals surface area contributed by atoms with Crippen LogP contribution >= 0.6 is 15.9 Å². The first-order chi connectivity index (χ1) is 6.25. The fourth-order valence-electron chi connectivity index (χ4n) is 1.04. The van der Waals surface area contributed by atoms with Crippen LogP contribution < -0.4 is 0 Å². The molecule has 0 aliphatic carbocycles. The largest absolute Gasteiger partial charge is 0.240 e. The van der Waals surface area contributed by atoms with Crippen LogP contribution in [0.3, 0.4) is 0 Å². The molecule has 0 saturated heterocycles. The summed E-state index contributed by atoms with van der Waals surface area (Å²) in [6, 6.07) is 6.17. The highest BCUT2D eigenvalue weighted by Crippen LogP contribution is 2.12. The van der Waals surface area contributed by atoms with Crippen molar-refractivity contribution in [3.8, 4) is 5.69 Å². The van der Waals surface area contributed by atoms with Crippen molar-refractivity contribution in [1.29, 1.82) is 0 Å². The maximum Gasteiger partial charge on any atom is 0.123 e. The molecule has 0 atom stereocenters. The van der Waals surface area contributed by atoms with Gasteiger partial charge in [0.1, 0.15) is 5.82 Å². The molecule has 1 heterocycles. The van der Waals surface area contributed by atoms with Crippen LogP contribution in [-0.2, 0) is 0 Å². The second kappa shape index (κ2) is 3.30. The van der Waals surface area contributed by atoms with Crippen LogP contribution in [-0.4, -0.2) is 9.78 Å². The normalized spacial score (nSPS) is 10.3. The molecule has 0 N–H and O–H groups in total. The summed E-state index contributed by atoms with van der Waals surface area (Å²) in [6.45, 7) is 0. The lowest BCUT2D eigenvalue weighted by Crippen LogP contribution is -1.93. The van der Waals surface area contributed by atoms with Crippen LogP contribution in [0.1, 0.15) is 0 Å². The van der Waals surface area contributed by atoms with E-state index in [0.29, 0.717) is 0 Å². The van der Waals surface area contributed by atoms with E-state index in [1.807, 2.05) is 6.20 Å². The van der Waals surface area contributed by atoms with Gasteiger partial charge in [-0.15, -0.1) is 0 Å². The molecular formula is C9H6BrFN2. The minimum Gasteiger partial charge on any atom is -0.240 e. The van der Waals surface area contributed by atoms with Crippen molar-refractivity contribution in [3.05, 3.63) is 46.9 Å². The first-order valence-electron chi connectivity index (χ1n) is 3.72. The van der Waals surface area contributed by atoms with Crippen LogP contribution in [0.4, 0.5) is 4.39 Å². The third-order valence-electron chi connectivity index (χ3n) is 1.64. The average molecular weight is 241 g/mol. The molecule has 1 aromatic heterocycles. The number of hydrogen-bond acceptors (Lipinski definition) is 1. The topological polar surface area (TPSA) is 17.8 Å². The molecule has 4 heteroatoms. The van der Waals surface area contributed by atoms with Gasteiger partial charge in [0, 0.05) is 6.20 Å². The number of aromatic nitrogens is 2. The lowest BCUT2D eigenvalue weighted by Gasteiger charge is -1.99. The predicted octanol–water partition coefficient (Wildman–Crippen LogP) is 2.77. The van der Waals surface area contributed by atoms with Gasteiger partial charge < -0.3 is 0 Å². The number of nitrogens with zero attached hydrogens (tertiary/aromatic N) is 2. The Morgan fingerprint density at radius 1 is 1.23 bits per heavy atom. The second-order valence-corrected chi connectivity index (χ2v) is 3.50. The van der Waals surface area contributed by atoms with Crippen LogP contribution in [0.2, 0.25) is 0 Å². The fourth-order valence-corrected chi connectivity index (χ4v) is 1.32. The van der Waals surface area contributed by atoms with Crippen molar-refractivity contribution in [2.45, 2.75) is 0 Å². The van der Waals surface area contributed by atoms with Crippen molar-refractivity contribution in [2.75, 3.05) is 0 Å². The van der Waals surface area contributed by atoms with E-state index in [1.165, 1.54) is 12.1 Å². The molecule has 0 spiro atoms. The van der Waals surface area contributed by atoms with E-state index in [0.717, 1.165) is 10.2 Å². The van der Waals surface area contributed by atoms with Gasteiger partial charge >= 0.3 is 0 Å². The summed E-state index contributed by atoms with van der Waals surface area (Å²) in [6.07, 6.45) is 3.50. The lowest BCUT2D eigenvalue weighted by atomic mass is 10.3. The van der Waals surface area contributed by atoms with Gasteiger partial charge in [0.15, 0.2) is 0 Å². The molecule has 0 radical (unpaired) electrons. The smallest absolute Gasteiger partial charge is 0.123 e. The van der Waals surface area contributed by atoms with Gasteiger partial charge in [-0.1, -0.05) is 0 Å². The lowest BCUT2D eigenvalue weighted by molar-refractivity contribution is 0.627. The van der Waals surface area contributed by atoms with Gasteiger partial charge in [-0.25, -0.2) is 9.07 Å². The Bertz CT molecular complexity index is 408. The van der Waals surface area contributed by atoms with Gasteiger partial charge in [-0.2, -0.15) is 5.10 Å². The number of halogens is 2. The molecule has 0 aliphatic rings. The molecule has 0 saturated carbocycles. The van der Waals surface area contributed by atoms with Crippen molar-refractivity contribution in [3.63, 3.8) is 0 Å². The standard InChI is InChI=1S/C9H6BrFN2/c10-7-5-12-13(6-7)9-3-1-8(11)2-4-9/h1-6H. The van der Waals surface area contributed by atoms with Crippen molar-refractivity contribution in [2.24, 2.45) is 0 Å². The van der Waals surface area contributed by atoms with E-state index in [2.05, 4.69) is 21.0 Å². The molecule has 0 aliphatic heterocycles. The molecule has 0 unspecified atom stereocenters. The molecule has 2 nitrogen and oxygen atoms in total. The molecule has 2 aromatic rings. The maximum absolute atomic E-state index is 12.6. The molecule has 2 rings (SSSR count). The molecule has 13 heavy (non-hydrogen) atoms. The van der Waals surface area contributed by atoms with E-state index in [-0.39, 0.29) is 5.82 Å². The number of hydrogen-bond donors (Lipinski definition) is 0. The molecule has 1 aromatic carbocycles. The third kappa shape index (κ3) is 1.78. The number of benzene rings is 1. The predicted molar refractivity (Wildman–Crippen MR) is 51.2 cm³/mol. The van der Waals surface area contributed by atoms with Gasteiger partial charge in [0.25, 0.3) is 0 Å². The monoisotopic (exact) mass is 240 g/mol. The molecule has 0 fully saturated rings. The maximum atomic E-state index is 12.6. The van der Waals surface area contributed by atoms with Crippen LogP contribution in [0.15, 0.2) is 41.1 Å². The van der Waals surface area contributed by atoms with Gasteiger partial charge in [0.05, 0.1) is 16.4 Å². The third-order valence-corrected chi connectivity index (χ3v) is 2.05. The first kappa shape index (κ1) is 8.44. The number of rotatable bonds is 1. The van der Waals surface area contributed by atoms with Crippen molar-refractivity contribution < 1.29 is 4.39 Å². The summed E-state index contributed by atoms with van der Waals surface area (Å²) in [5.74, 6) is -0.241. The van der Waals surface area contributed by atoms with Gasteiger partial charge in [0.2, 0.25) is 0 Å². The van der Waals surface area contributed by atoms with Crippen molar-refractivity contribution in [1.82, 2.24) is 9.78 Å². The van der Waals surface area contributed by atoms with Crippen LogP contribution in [0.25, 0.3) is 5.69 Å². The highest BCUT2D eigenvalue weighted by Gasteiger charge is 1.98. The van der Waals surface area contributed by atoms with E-state index in [1.54, 1.807) is 23.0 Å². The zero-order chi connectivity index (χ0) is 9.26. The molecule has 0 bridgehead atoms. The Kier molecular flexibility index (Phi) is 2.14. The minimum atomic E-state index is -0.241. The average Bonchev–Trinajstić information content (AvgIpc) is 2.53. The summed E-state index contributed by atoms with van der Waals surface area (Å²) in [5.41, 5.74) is 0.840. The Balaban J connectivity index is 2.41. The first-order valence-corrected chi connectivity index (χ1v) is 4.51.